The lowest BCUT2D eigenvalue weighted by Gasteiger charge is -2.43. The van der Waals surface area contributed by atoms with E-state index in [1.54, 1.807) is 0 Å². The minimum atomic E-state index is 0.0590. The van der Waals surface area contributed by atoms with Crippen LogP contribution < -0.4 is 5.32 Å². The zero-order chi connectivity index (χ0) is 8.44. The van der Waals surface area contributed by atoms with E-state index in [4.69, 9.17) is 0 Å². The molecule has 0 bridgehead atoms. The molecule has 0 atom stereocenters. The lowest BCUT2D eigenvalue weighted by molar-refractivity contribution is 0.103. The summed E-state index contributed by atoms with van der Waals surface area (Å²) >= 11 is 0. The van der Waals surface area contributed by atoms with Crippen LogP contribution in [0.4, 0.5) is 0 Å². The van der Waals surface area contributed by atoms with E-state index in [9.17, 15) is 5.26 Å². The Morgan fingerprint density at radius 3 is 2.33 bits per heavy atom. The third-order valence-corrected chi connectivity index (χ3v) is 3.61. The number of piperidine rings is 1. The fraction of sp³-hybridized carbons (Fsp3) is 0.900. The zero-order valence-corrected chi connectivity index (χ0v) is 7.47. The Morgan fingerprint density at radius 2 is 1.92 bits per heavy atom. The maximum Gasteiger partial charge on any atom is 0.0693 e. The number of hydrogen-bond acceptors (Lipinski definition) is 2. The van der Waals surface area contributed by atoms with Gasteiger partial charge in [0.15, 0.2) is 0 Å². The smallest absolute Gasteiger partial charge is 0.0693 e. The van der Waals surface area contributed by atoms with Crippen molar-refractivity contribution in [3.8, 4) is 6.07 Å². The molecule has 0 aromatic carbocycles. The van der Waals surface area contributed by atoms with E-state index in [2.05, 4.69) is 11.4 Å². The lowest BCUT2D eigenvalue weighted by atomic mass is 9.62. The zero-order valence-electron chi connectivity index (χ0n) is 7.47. The van der Waals surface area contributed by atoms with E-state index in [0.717, 1.165) is 31.8 Å². The summed E-state index contributed by atoms with van der Waals surface area (Å²) < 4.78 is 0. The standard InChI is InChI=1S/C10H16N2/c11-8-10(9-2-1-3-9)4-6-12-7-5-10/h9,12H,1-7H2. The summed E-state index contributed by atoms with van der Waals surface area (Å²) in [4.78, 5) is 0. The van der Waals surface area contributed by atoms with Crippen LogP contribution >= 0.6 is 0 Å². The summed E-state index contributed by atoms with van der Waals surface area (Å²) in [5, 5.41) is 12.5. The third kappa shape index (κ3) is 1.13. The molecular formula is C10H16N2. The van der Waals surface area contributed by atoms with Gasteiger partial charge in [-0.1, -0.05) is 6.42 Å². The van der Waals surface area contributed by atoms with Crippen LogP contribution in [0.2, 0.25) is 0 Å². The molecule has 12 heavy (non-hydrogen) atoms. The van der Waals surface area contributed by atoms with E-state index in [1.165, 1.54) is 19.3 Å². The Morgan fingerprint density at radius 1 is 1.25 bits per heavy atom. The summed E-state index contributed by atoms with van der Waals surface area (Å²) in [7, 11) is 0. The van der Waals surface area contributed by atoms with Gasteiger partial charge in [-0.15, -0.1) is 0 Å². The molecule has 1 N–H and O–H groups in total. The van der Waals surface area contributed by atoms with Crippen molar-refractivity contribution in [2.45, 2.75) is 32.1 Å². The first-order chi connectivity index (χ1) is 5.87. The predicted octanol–water partition coefficient (Wildman–Crippen LogP) is 1.68. The fourth-order valence-electron chi connectivity index (χ4n) is 2.45. The molecule has 1 aliphatic carbocycles. The Hall–Kier alpha value is -0.550. The van der Waals surface area contributed by atoms with Crippen LogP contribution in [0.25, 0.3) is 0 Å². The van der Waals surface area contributed by atoms with E-state index < -0.39 is 0 Å². The molecule has 1 heterocycles. The molecule has 0 radical (unpaired) electrons. The van der Waals surface area contributed by atoms with Crippen molar-refractivity contribution in [1.82, 2.24) is 5.32 Å². The summed E-state index contributed by atoms with van der Waals surface area (Å²) in [5.41, 5.74) is 0.0590. The first kappa shape index (κ1) is 8.07. The summed E-state index contributed by atoms with van der Waals surface area (Å²) in [6, 6.07) is 2.58. The molecule has 0 aromatic rings. The molecule has 2 nitrogen and oxygen atoms in total. The van der Waals surface area contributed by atoms with Gasteiger partial charge in [0, 0.05) is 0 Å². The molecule has 2 aliphatic rings. The average Bonchev–Trinajstić information content (AvgIpc) is 2.03. The largest absolute Gasteiger partial charge is 0.317 e. The van der Waals surface area contributed by atoms with E-state index in [1.807, 2.05) is 0 Å². The SMILES string of the molecule is N#CC1(C2CCC2)CCNCC1. The van der Waals surface area contributed by atoms with Gasteiger partial charge in [0.2, 0.25) is 0 Å². The quantitative estimate of drug-likeness (QED) is 0.640. The second-order valence-electron chi connectivity index (χ2n) is 4.15. The molecule has 0 aromatic heterocycles. The third-order valence-electron chi connectivity index (χ3n) is 3.61. The number of nitriles is 1. The van der Waals surface area contributed by atoms with Crippen LogP contribution in [0, 0.1) is 22.7 Å². The first-order valence-electron chi connectivity index (χ1n) is 4.99. The second kappa shape index (κ2) is 3.06. The number of rotatable bonds is 1. The summed E-state index contributed by atoms with van der Waals surface area (Å²) in [6.07, 6.45) is 6.10. The van der Waals surface area contributed by atoms with Crippen molar-refractivity contribution in [3.05, 3.63) is 0 Å². The molecule has 1 aliphatic heterocycles. The lowest BCUT2D eigenvalue weighted by Crippen LogP contribution is -2.43. The van der Waals surface area contributed by atoms with Crippen molar-refractivity contribution in [1.29, 1.82) is 5.26 Å². The number of nitrogens with one attached hydrogen (secondary N) is 1. The van der Waals surface area contributed by atoms with Crippen molar-refractivity contribution in [2.75, 3.05) is 13.1 Å². The van der Waals surface area contributed by atoms with Crippen molar-refractivity contribution >= 4 is 0 Å². The van der Waals surface area contributed by atoms with Gasteiger partial charge in [0.1, 0.15) is 0 Å². The average molecular weight is 164 g/mol. The molecule has 0 amide bonds. The molecule has 0 spiro atoms. The van der Waals surface area contributed by atoms with Crippen LogP contribution in [-0.2, 0) is 0 Å². The molecule has 1 saturated carbocycles. The van der Waals surface area contributed by atoms with Crippen molar-refractivity contribution in [2.24, 2.45) is 11.3 Å². The molecule has 2 fully saturated rings. The summed E-state index contributed by atoms with van der Waals surface area (Å²) in [6.45, 7) is 2.09. The maximum absolute atomic E-state index is 9.20. The minimum absolute atomic E-state index is 0.0590. The molecular weight excluding hydrogens is 148 g/mol. The molecule has 2 rings (SSSR count). The highest BCUT2D eigenvalue weighted by Crippen LogP contribution is 2.46. The monoisotopic (exact) mass is 164 g/mol. The maximum atomic E-state index is 9.20. The number of nitrogens with zero attached hydrogens (tertiary/aromatic N) is 1. The van der Waals surface area contributed by atoms with Gasteiger partial charge in [-0.3, -0.25) is 0 Å². The van der Waals surface area contributed by atoms with Gasteiger partial charge in [-0.25, -0.2) is 0 Å². The fourth-order valence-corrected chi connectivity index (χ4v) is 2.45. The van der Waals surface area contributed by atoms with Crippen LogP contribution in [0.5, 0.6) is 0 Å². The predicted molar refractivity (Wildman–Crippen MR) is 47.5 cm³/mol. The van der Waals surface area contributed by atoms with Gasteiger partial charge in [-0.2, -0.15) is 5.26 Å². The Bertz CT molecular complexity index is 194. The van der Waals surface area contributed by atoms with Gasteiger partial charge in [0.25, 0.3) is 0 Å². The van der Waals surface area contributed by atoms with Crippen molar-refractivity contribution in [3.63, 3.8) is 0 Å². The van der Waals surface area contributed by atoms with Crippen molar-refractivity contribution < 1.29 is 0 Å². The molecule has 0 unspecified atom stereocenters. The molecule has 66 valence electrons. The van der Waals surface area contributed by atoms with E-state index in [0.29, 0.717) is 0 Å². The Labute approximate surface area is 74.0 Å². The van der Waals surface area contributed by atoms with Crippen LogP contribution in [0.3, 0.4) is 0 Å². The second-order valence-corrected chi connectivity index (χ2v) is 4.15. The van der Waals surface area contributed by atoms with Gasteiger partial charge in [0.05, 0.1) is 11.5 Å². The highest BCUT2D eigenvalue weighted by atomic mass is 14.9. The highest BCUT2D eigenvalue weighted by molar-refractivity contribution is 5.07. The topological polar surface area (TPSA) is 35.8 Å². The Kier molecular flexibility index (Phi) is 2.06. The first-order valence-corrected chi connectivity index (χ1v) is 4.99. The van der Waals surface area contributed by atoms with Crippen LogP contribution in [-0.4, -0.2) is 13.1 Å². The highest BCUT2D eigenvalue weighted by Gasteiger charge is 2.42. The van der Waals surface area contributed by atoms with E-state index in [-0.39, 0.29) is 5.41 Å². The number of hydrogen-bond donors (Lipinski definition) is 1. The van der Waals surface area contributed by atoms with Crippen LogP contribution in [0.1, 0.15) is 32.1 Å². The minimum Gasteiger partial charge on any atom is -0.317 e. The molecule has 1 saturated heterocycles. The van der Waals surface area contributed by atoms with Gasteiger partial charge in [-0.05, 0) is 44.7 Å². The van der Waals surface area contributed by atoms with Gasteiger partial charge >= 0.3 is 0 Å². The molecule has 2 heteroatoms. The normalized spacial score (nSPS) is 28.9. The Balaban J connectivity index is 2.06. The summed E-state index contributed by atoms with van der Waals surface area (Å²) in [5.74, 6) is 0.726. The van der Waals surface area contributed by atoms with Crippen LogP contribution in [0.15, 0.2) is 0 Å². The van der Waals surface area contributed by atoms with E-state index >= 15 is 0 Å². The van der Waals surface area contributed by atoms with Gasteiger partial charge < -0.3 is 5.32 Å².